The van der Waals surface area contributed by atoms with E-state index in [4.69, 9.17) is 11.6 Å². The van der Waals surface area contributed by atoms with Crippen LogP contribution < -0.4 is 10.2 Å². The SMILES string of the molecule is Cc1c(Cl)cccc1N1CCNCC1C. The van der Waals surface area contributed by atoms with Crippen molar-refractivity contribution in [2.45, 2.75) is 19.9 Å². The number of nitrogens with one attached hydrogen (secondary N) is 1. The molecule has 1 N–H and O–H groups in total. The van der Waals surface area contributed by atoms with Crippen molar-refractivity contribution >= 4 is 17.3 Å². The van der Waals surface area contributed by atoms with Gasteiger partial charge in [-0.25, -0.2) is 0 Å². The second-order valence-corrected chi connectivity index (χ2v) is 4.54. The van der Waals surface area contributed by atoms with E-state index < -0.39 is 0 Å². The van der Waals surface area contributed by atoms with Crippen LogP contribution in [0.2, 0.25) is 5.02 Å². The van der Waals surface area contributed by atoms with Gasteiger partial charge in [0.25, 0.3) is 0 Å². The van der Waals surface area contributed by atoms with Crippen molar-refractivity contribution in [1.29, 1.82) is 0 Å². The molecule has 2 rings (SSSR count). The molecule has 1 unspecified atom stereocenters. The van der Waals surface area contributed by atoms with Crippen LogP contribution >= 0.6 is 11.6 Å². The van der Waals surface area contributed by atoms with Gasteiger partial charge in [0.05, 0.1) is 0 Å². The molecular weight excluding hydrogens is 208 g/mol. The number of anilines is 1. The van der Waals surface area contributed by atoms with E-state index in [9.17, 15) is 0 Å². The predicted molar refractivity (Wildman–Crippen MR) is 65.9 cm³/mol. The summed E-state index contributed by atoms with van der Waals surface area (Å²) in [5.74, 6) is 0. The second-order valence-electron chi connectivity index (χ2n) is 4.13. The highest BCUT2D eigenvalue weighted by atomic mass is 35.5. The van der Waals surface area contributed by atoms with E-state index in [1.54, 1.807) is 0 Å². The van der Waals surface area contributed by atoms with Crippen LogP contribution in [0.3, 0.4) is 0 Å². The Morgan fingerprint density at radius 2 is 2.27 bits per heavy atom. The summed E-state index contributed by atoms with van der Waals surface area (Å²) >= 11 is 6.14. The Morgan fingerprint density at radius 3 is 3.00 bits per heavy atom. The van der Waals surface area contributed by atoms with Gasteiger partial charge in [-0.1, -0.05) is 17.7 Å². The van der Waals surface area contributed by atoms with Crippen LogP contribution in [0.25, 0.3) is 0 Å². The van der Waals surface area contributed by atoms with Crippen LogP contribution in [0.4, 0.5) is 5.69 Å². The topological polar surface area (TPSA) is 15.3 Å². The number of piperazine rings is 1. The molecule has 1 heterocycles. The molecule has 1 atom stereocenters. The van der Waals surface area contributed by atoms with Gasteiger partial charge in [-0.3, -0.25) is 0 Å². The zero-order chi connectivity index (χ0) is 10.8. The molecule has 15 heavy (non-hydrogen) atoms. The predicted octanol–water partition coefficient (Wildman–Crippen LogP) is 2.45. The smallest absolute Gasteiger partial charge is 0.0455 e. The lowest BCUT2D eigenvalue weighted by molar-refractivity contribution is 0.500. The lowest BCUT2D eigenvalue weighted by Crippen LogP contribution is -2.50. The van der Waals surface area contributed by atoms with Crippen molar-refractivity contribution in [2.24, 2.45) is 0 Å². The normalized spacial score (nSPS) is 21.8. The zero-order valence-electron chi connectivity index (χ0n) is 9.26. The second kappa shape index (κ2) is 4.42. The molecule has 0 saturated carbocycles. The van der Waals surface area contributed by atoms with E-state index in [1.165, 1.54) is 11.3 Å². The van der Waals surface area contributed by atoms with Crippen LogP contribution in [-0.2, 0) is 0 Å². The minimum atomic E-state index is 0.538. The van der Waals surface area contributed by atoms with Crippen molar-refractivity contribution in [3.63, 3.8) is 0 Å². The van der Waals surface area contributed by atoms with Gasteiger partial charge in [0.2, 0.25) is 0 Å². The third-order valence-corrected chi connectivity index (χ3v) is 3.46. The van der Waals surface area contributed by atoms with E-state index >= 15 is 0 Å². The van der Waals surface area contributed by atoms with Gasteiger partial charge >= 0.3 is 0 Å². The number of rotatable bonds is 1. The highest BCUT2D eigenvalue weighted by molar-refractivity contribution is 6.31. The molecule has 0 radical (unpaired) electrons. The Hall–Kier alpha value is -0.730. The Bertz CT molecular complexity index is 351. The highest BCUT2D eigenvalue weighted by Gasteiger charge is 2.19. The van der Waals surface area contributed by atoms with Crippen LogP contribution in [-0.4, -0.2) is 25.7 Å². The van der Waals surface area contributed by atoms with E-state index in [1.807, 2.05) is 12.1 Å². The number of hydrogen-bond donors (Lipinski definition) is 1. The maximum Gasteiger partial charge on any atom is 0.0455 e. The summed E-state index contributed by atoms with van der Waals surface area (Å²) in [6.07, 6.45) is 0. The van der Waals surface area contributed by atoms with Gasteiger partial charge in [0, 0.05) is 36.4 Å². The zero-order valence-corrected chi connectivity index (χ0v) is 10.0. The fraction of sp³-hybridized carbons (Fsp3) is 0.500. The van der Waals surface area contributed by atoms with Crippen molar-refractivity contribution in [3.8, 4) is 0 Å². The van der Waals surface area contributed by atoms with E-state index in [-0.39, 0.29) is 0 Å². The molecule has 1 aromatic carbocycles. The Morgan fingerprint density at radius 1 is 1.47 bits per heavy atom. The maximum atomic E-state index is 6.14. The van der Waals surface area contributed by atoms with Gasteiger partial charge in [-0.15, -0.1) is 0 Å². The summed E-state index contributed by atoms with van der Waals surface area (Å²) in [5, 5.41) is 4.25. The molecule has 0 spiro atoms. The van der Waals surface area contributed by atoms with E-state index in [2.05, 4.69) is 30.1 Å². The van der Waals surface area contributed by atoms with Gasteiger partial charge in [-0.05, 0) is 31.5 Å². The Kier molecular flexibility index (Phi) is 3.17. The first-order valence-electron chi connectivity index (χ1n) is 5.42. The standard InChI is InChI=1S/C12H17ClN2/c1-9-8-14-6-7-15(9)12-5-3-4-11(13)10(12)2/h3-5,9,14H,6-8H2,1-2H3. The van der Waals surface area contributed by atoms with Crippen LogP contribution in [0, 0.1) is 6.92 Å². The van der Waals surface area contributed by atoms with Crippen LogP contribution in [0.15, 0.2) is 18.2 Å². The number of benzene rings is 1. The largest absolute Gasteiger partial charge is 0.366 e. The number of nitrogens with zero attached hydrogens (tertiary/aromatic N) is 1. The summed E-state index contributed by atoms with van der Waals surface area (Å²) in [4.78, 5) is 2.43. The fourth-order valence-corrected chi connectivity index (χ4v) is 2.28. The molecule has 82 valence electrons. The summed E-state index contributed by atoms with van der Waals surface area (Å²) < 4.78 is 0. The first-order chi connectivity index (χ1) is 7.20. The molecule has 1 fully saturated rings. The summed E-state index contributed by atoms with van der Waals surface area (Å²) in [5.41, 5.74) is 2.46. The third kappa shape index (κ3) is 2.11. The Labute approximate surface area is 96.2 Å². The lowest BCUT2D eigenvalue weighted by Gasteiger charge is -2.37. The molecule has 2 nitrogen and oxygen atoms in total. The van der Waals surface area contributed by atoms with Crippen LogP contribution in [0.5, 0.6) is 0 Å². The minimum absolute atomic E-state index is 0.538. The first-order valence-corrected chi connectivity index (χ1v) is 5.80. The lowest BCUT2D eigenvalue weighted by atomic mass is 10.1. The van der Waals surface area contributed by atoms with Gasteiger partial charge < -0.3 is 10.2 Å². The van der Waals surface area contributed by atoms with E-state index in [0.29, 0.717) is 6.04 Å². The average molecular weight is 225 g/mol. The molecule has 0 amide bonds. The highest BCUT2D eigenvalue weighted by Crippen LogP contribution is 2.28. The monoisotopic (exact) mass is 224 g/mol. The summed E-state index contributed by atoms with van der Waals surface area (Å²) in [6, 6.07) is 6.67. The molecule has 1 aliphatic heterocycles. The first kappa shape index (κ1) is 10.8. The van der Waals surface area contributed by atoms with Crippen molar-refractivity contribution in [1.82, 2.24) is 5.32 Å². The summed E-state index contributed by atoms with van der Waals surface area (Å²) in [6.45, 7) is 7.49. The molecule has 1 aromatic rings. The van der Waals surface area contributed by atoms with Gasteiger partial charge in [0.15, 0.2) is 0 Å². The van der Waals surface area contributed by atoms with Gasteiger partial charge in [0.1, 0.15) is 0 Å². The maximum absolute atomic E-state index is 6.14. The third-order valence-electron chi connectivity index (χ3n) is 3.05. The number of hydrogen-bond acceptors (Lipinski definition) is 2. The molecule has 1 saturated heterocycles. The number of halogens is 1. The molecule has 0 bridgehead atoms. The molecule has 3 heteroatoms. The summed E-state index contributed by atoms with van der Waals surface area (Å²) in [7, 11) is 0. The minimum Gasteiger partial charge on any atom is -0.366 e. The van der Waals surface area contributed by atoms with Crippen molar-refractivity contribution < 1.29 is 0 Å². The van der Waals surface area contributed by atoms with Crippen molar-refractivity contribution in [2.75, 3.05) is 24.5 Å². The molecule has 0 aliphatic carbocycles. The van der Waals surface area contributed by atoms with Crippen LogP contribution in [0.1, 0.15) is 12.5 Å². The Balaban J connectivity index is 2.31. The molecule has 0 aromatic heterocycles. The quantitative estimate of drug-likeness (QED) is 0.789. The van der Waals surface area contributed by atoms with Crippen molar-refractivity contribution in [3.05, 3.63) is 28.8 Å². The fourth-order valence-electron chi connectivity index (χ4n) is 2.11. The van der Waals surface area contributed by atoms with Gasteiger partial charge in [-0.2, -0.15) is 0 Å². The average Bonchev–Trinajstić information content (AvgIpc) is 2.23. The molecule has 1 aliphatic rings. The van der Waals surface area contributed by atoms with E-state index in [0.717, 1.165) is 24.7 Å². The molecular formula is C12H17ClN2.